The molecule has 0 aliphatic heterocycles. The van der Waals surface area contributed by atoms with E-state index in [0.717, 1.165) is 108 Å². The third-order valence-corrected chi connectivity index (χ3v) is 18.3. The number of carbonyl (C=O) groups is 4. The first-order chi connectivity index (χ1) is 42.6. The molecule has 17 nitrogen and oxygen atoms in total. The van der Waals surface area contributed by atoms with Gasteiger partial charge >= 0.3 is 39.5 Å². The molecule has 0 spiro atoms. The first-order valence-electron chi connectivity index (χ1n) is 36.2. The fraction of sp³-hybridized carbons (Fsp3) is 0.943. The summed E-state index contributed by atoms with van der Waals surface area (Å²) >= 11 is 0. The molecule has 0 saturated heterocycles. The average molecular weight is 1310 g/mol. The van der Waals surface area contributed by atoms with Gasteiger partial charge in [-0.05, 0) is 49.4 Å². The zero-order valence-corrected chi connectivity index (χ0v) is 59.8. The van der Waals surface area contributed by atoms with Crippen LogP contribution in [-0.4, -0.2) is 96.7 Å². The molecule has 0 fully saturated rings. The number of hydrogen-bond acceptors (Lipinski definition) is 15. The Morgan fingerprint density at radius 3 is 0.798 bits per heavy atom. The summed E-state index contributed by atoms with van der Waals surface area (Å²) in [7, 11) is -9.90. The van der Waals surface area contributed by atoms with Crippen molar-refractivity contribution >= 4 is 39.5 Å². The number of hydrogen-bond donors (Lipinski definition) is 3. The van der Waals surface area contributed by atoms with Crippen molar-refractivity contribution in [3.63, 3.8) is 0 Å². The molecule has 0 heterocycles. The molecule has 0 rings (SSSR count). The smallest absolute Gasteiger partial charge is 0.462 e. The van der Waals surface area contributed by atoms with Crippen molar-refractivity contribution in [1.29, 1.82) is 0 Å². The highest BCUT2D eigenvalue weighted by Gasteiger charge is 2.30. The fourth-order valence-electron chi connectivity index (χ4n) is 10.5. The first-order valence-corrected chi connectivity index (χ1v) is 39.2. The van der Waals surface area contributed by atoms with Crippen molar-refractivity contribution in [2.45, 2.75) is 363 Å². The fourth-order valence-corrected chi connectivity index (χ4v) is 12.0. The van der Waals surface area contributed by atoms with Crippen molar-refractivity contribution in [3.8, 4) is 0 Å². The van der Waals surface area contributed by atoms with Gasteiger partial charge in [0.25, 0.3) is 0 Å². The monoisotopic (exact) mass is 1310 g/mol. The summed E-state index contributed by atoms with van der Waals surface area (Å²) in [5, 5.41) is 10.6. The van der Waals surface area contributed by atoms with E-state index >= 15 is 0 Å². The highest BCUT2D eigenvalue weighted by atomic mass is 31.2. The Morgan fingerprint density at radius 1 is 0.315 bits per heavy atom. The van der Waals surface area contributed by atoms with Gasteiger partial charge in [0, 0.05) is 25.7 Å². The first kappa shape index (κ1) is 87.1. The van der Waals surface area contributed by atoms with E-state index in [9.17, 15) is 43.2 Å². The third kappa shape index (κ3) is 63.2. The van der Waals surface area contributed by atoms with Gasteiger partial charge in [0.05, 0.1) is 26.4 Å². The lowest BCUT2D eigenvalue weighted by Crippen LogP contribution is -2.30. The summed E-state index contributed by atoms with van der Waals surface area (Å²) in [6.07, 6.45) is 41.9. The summed E-state index contributed by atoms with van der Waals surface area (Å²) in [4.78, 5) is 72.5. The van der Waals surface area contributed by atoms with Gasteiger partial charge in [-0.15, -0.1) is 0 Å². The van der Waals surface area contributed by atoms with Gasteiger partial charge in [0.15, 0.2) is 12.2 Å². The Bertz CT molecular complexity index is 1770. The number of rotatable bonds is 67. The van der Waals surface area contributed by atoms with Gasteiger partial charge in [0.1, 0.15) is 19.3 Å². The van der Waals surface area contributed by atoms with E-state index < -0.39 is 97.5 Å². The van der Waals surface area contributed by atoms with E-state index in [4.69, 9.17) is 37.0 Å². The Labute approximate surface area is 543 Å². The largest absolute Gasteiger partial charge is 0.472 e. The van der Waals surface area contributed by atoms with Crippen LogP contribution in [0.15, 0.2) is 0 Å². The number of phosphoric acid groups is 2. The molecule has 0 aliphatic carbocycles. The standard InChI is InChI=1S/C70H136O17P2/c1-9-63(8)49-41-33-25-18-19-27-36-44-52-69(74)86-65(56-80-67(72)50-42-34-26-17-15-13-11-10-12-14-16-22-30-38-46-60(2)3)58-84-88(76,77)82-54-64(71)55-83-89(78,79)85-59-66(87-70(75)53-45-37-29-21-24-32-40-48-62(6)7)57-81-68(73)51-43-35-28-20-23-31-39-47-61(4)5/h60-66,71H,9-59H2,1-8H3,(H,76,77)(H,78,79)/t63?,64?,65-,66-/m1/s1. The number of aliphatic hydroxyl groups excluding tert-OH is 1. The molecule has 0 amide bonds. The lowest BCUT2D eigenvalue weighted by atomic mass is 9.99. The number of carbonyl (C=O) groups excluding carboxylic acids is 4. The van der Waals surface area contributed by atoms with Gasteiger partial charge in [0.2, 0.25) is 0 Å². The molecule has 0 aromatic rings. The summed E-state index contributed by atoms with van der Waals surface area (Å²) in [5.74, 6) is 0.836. The molecule has 4 unspecified atom stereocenters. The number of ether oxygens (including phenoxy) is 4. The number of esters is 4. The average Bonchev–Trinajstić information content (AvgIpc) is 3.57. The van der Waals surface area contributed by atoms with Crippen LogP contribution in [0.1, 0.15) is 344 Å². The van der Waals surface area contributed by atoms with Crippen LogP contribution >= 0.6 is 15.6 Å². The molecule has 0 saturated carbocycles. The normalized spacial score (nSPS) is 14.6. The molecule has 0 bridgehead atoms. The molecule has 6 atom stereocenters. The van der Waals surface area contributed by atoms with Crippen LogP contribution in [0, 0.1) is 23.7 Å². The lowest BCUT2D eigenvalue weighted by molar-refractivity contribution is -0.161. The maximum absolute atomic E-state index is 13.0. The van der Waals surface area contributed by atoms with Gasteiger partial charge in [-0.3, -0.25) is 37.3 Å². The minimum Gasteiger partial charge on any atom is -0.462 e. The van der Waals surface area contributed by atoms with Crippen molar-refractivity contribution in [1.82, 2.24) is 0 Å². The minimum absolute atomic E-state index is 0.102. The zero-order valence-electron chi connectivity index (χ0n) is 58.1. The highest BCUT2D eigenvalue weighted by Crippen LogP contribution is 2.45. The second kappa shape index (κ2) is 59.8. The van der Waals surface area contributed by atoms with E-state index in [1.165, 1.54) is 141 Å². The maximum Gasteiger partial charge on any atom is 0.472 e. The predicted molar refractivity (Wildman–Crippen MR) is 358 cm³/mol. The highest BCUT2D eigenvalue weighted by molar-refractivity contribution is 7.47. The van der Waals surface area contributed by atoms with Crippen LogP contribution in [-0.2, 0) is 65.4 Å². The molecule has 19 heteroatoms. The van der Waals surface area contributed by atoms with Gasteiger partial charge in [-0.1, -0.05) is 293 Å². The second-order valence-corrected chi connectivity index (χ2v) is 29.8. The van der Waals surface area contributed by atoms with Gasteiger partial charge in [-0.25, -0.2) is 9.13 Å². The van der Waals surface area contributed by atoms with Gasteiger partial charge in [-0.2, -0.15) is 0 Å². The van der Waals surface area contributed by atoms with E-state index in [1.807, 2.05) is 0 Å². The van der Waals surface area contributed by atoms with E-state index in [1.54, 1.807) is 0 Å². The summed E-state index contributed by atoms with van der Waals surface area (Å²) < 4.78 is 68.2. The Morgan fingerprint density at radius 2 is 0.539 bits per heavy atom. The predicted octanol–water partition coefficient (Wildman–Crippen LogP) is 19.7. The number of unbranched alkanes of at least 4 members (excludes halogenated alkanes) is 32. The molecule has 528 valence electrons. The quantitative estimate of drug-likeness (QED) is 0.0222. The SMILES string of the molecule is CCC(C)CCCCCCCCCCC(=O)O[C@H](COC(=O)CCCCCCCCCCCCCCCCC(C)C)COP(=O)(O)OCC(O)COP(=O)(O)OC[C@@H](COC(=O)CCCCCCCCCC(C)C)OC(=O)CCCCCCCCCC(C)C. The Hall–Kier alpha value is -1.94. The maximum atomic E-state index is 13.0. The molecule has 0 aliphatic rings. The second-order valence-electron chi connectivity index (χ2n) is 26.9. The Balaban J connectivity index is 5.22. The lowest BCUT2D eigenvalue weighted by Gasteiger charge is -2.21. The number of aliphatic hydroxyl groups is 1. The van der Waals surface area contributed by atoms with Crippen LogP contribution in [0.5, 0.6) is 0 Å². The molecular formula is C70H136O17P2. The topological polar surface area (TPSA) is 237 Å². The van der Waals surface area contributed by atoms with Crippen LogP contribution in [0.25, 0.3) is 0 Å². The minimum atomic E-state index is -4.95. The molecule has 89 heavy (non-hydrogen) atoms. The summed E-state index contributed by atoms with van der Waals surface area (Å²) in [5.41, 5.74) is 0. The van der Waals surface area contributed by atoms with E-state index in [2.05, 4.69) is 55.4 Å². The summed E-state index contributed by atoms with van der Waals surface area (Å²) in [6.45, 7) is 14.0. The molecule has 0 aromatic carbocycles. The van der Waals surface area contributed by atoms with E-state index in [-0.39, 0.29) is 25.7 Å². The van der Waals surface area contributed by atoms with E-state index in [0.29, 0.717) is 37.5 Å². The van der Waals surface area contributed by atoms with Crippen molar-refractivity contribution in [3.05, 3.63) is 0 Å². The molecule has 3 N–H and O–H groups in total. The molecule has 0 aromatic heterocycles. The van der Waals surface area contributed by atoms with Gasteiger partial charge < -0.3 is 33.8 Å². The zero-order chi connectivity index (χ0) is 66.1. The third-order valence-electron chi connectivity index (χ3n) is 16.4. The van der Waals surface area contributed by atoms with Crippen LogP contribution in [0.3, 0.4) is 0 Å². The van der Waals surface area contributed by atoms with Crippen LogP contribution < -0.4 is 0 Å². The van der Waals surface area contributed by atoms with Crippen molar-refractivity contribution in [2.24, 2.45) is 23.7 Å². The van der Waals surface area contributed by atoms with Crippen LogP contribution in [0.4, 0.5) is 0 Å². The van der Waals surface area contributed by atoms with Crippen molar-refractivity contribution in [2.75, 3.05) is 39.6 Å². The van der Waals surface area contributed by atoms with Crippen molar-refractivity contribution < 1.29 is 80.2 Å². The number of phosphoric ester groups is 2. The summed E-state index contributed by atoms with van der Waals surface area (Å²) in [6, 6.07) is 0. The molecule has 0 radical (unpaired) electrons. The van der Waals surface area contributed by atoms with Crippen LogP contribution in [0.2, 0.25) is 0 Å². The molecular weight excluding hydrogens is 1170 g/mol. The Kier molecular flexibility index (Phi) is 58.5.